The topological polar surface area (TPSA) is 73.6 Å². The van der Waals surface area contributed by atoms with Gasteiger partial charge in [0.25, 0.3) is 0 Å². The van der Waals surface area contributed by atoms with Gasteiger partial charge in [0.1, 0.15) is 5.60 Å². The van der Waals surface area contributed by atoms with Crippen LogP contribution in [0.2, 0.25) is 10.0 Å². The Balaban J connectivity index is 2.99. The van der Waals surface area contributed by atoms with Crippen molar-refractivity contribution in [1.82, 2.24) is 4.90 Å². The van der Waals surface area contributed by atoms with Crippen LogP contribution in [0.1, 0.15) is 46.1 Å². The molecule has 1 aromatic carbocycles. The van der Waals surface area contributed by atoms with Crippen LogP contribution in [0.4, 0.5) is 4.79 Å². The van der Waals surface area contributed by atoms with Gasteiger partial charge in [-0.1, -0.05) is 42.6 Å². The van der Waals surface area contributed by atoms with Gasteiger partial charge in [-0.15, -0.1) is 0 Å². The van der Waals surface area contributed by atoms with Gasteiger partial charge in [-0.05, 0) is 44.9 Å². The van der Waals surface area contributed by atoms with Crippen molar-refractivity contribution in [3.8, 4) is 0 Å². The van der Waals surface area contributed by atoms with Gasteiger partial charge >= 0.3 is 6.09 Å². The van der Waals surface area contributed by atoms with E-state index in [9.17, 15) is 9.90 Å². The van der Waals surface area contributed by atoms with Crippen molar-refractivity contribution < 1.29 is 14.6 Å². The zero-order chi connectivity index (χ0) is 19.9. The van der Waals surface area contributed by atoms with E-state index < -0.39 is 11.7 Å². The first-order chi connectivity index (χ1) is 12.1. The molecule has 0 saturated heterocycles. The first-order valence-electron chi connectivity index (χ1n) is 8.71. The zero-order valence-electron chi connectivity index (χ0n) is 15.8. The van der Waals surface area contributed by atoms with Gasteiger partial charge in [-0.2, -0.15) is 0 Å². The predicted octanol–water partition coefficient (Wildman–Crippen LogP) is 5.01. The van der Waals surface area contributed by atoms with E-state index in [1.807, 2.05) is 6.92 Å². The third kappa shape index (κ3) is 7.14. The molecule has 1 amide bonds. The van der Waals surface area contributed by atoms with Gasteiger partial charge in [0.15, 0.2) is 0 Å². The number of carbonyl (C=O) groups excluding carboxylic acids is 1. The van der Waals surface area contributed by atoms with Gasteiger partial charge in [0.2, 0.25) is 0 Å². The van der Waals surface area contributed by atoms with Crippen LogP contribution in [0, 0.1) is 11.3 Å². The molecule has 0 spiro atoms. The van der Waals surface area contributed by atoms with Gasteiger partial charge in [0, 0.05) is 24.7 Å². The number of hydrogen-bond donors (Lipinski definition) is 2. The van der Waals surface area contributed by atoms with Crippen molar-refractivity contribution in [2.75, 3.05) is 19.7 Å². The van der Waals surface area contributed by atoms with E-state index in [4.69, 9.17) is 33.3 Å². The Hall–Kier alpha value is -1.30. The second-order valence-electron chi connectivity index (χ2n) is 7.18. The van der Waals surface area contributed by atoms with Crippen LogP contribution in [0.3, 0.4) is 0 Å². The molecule has 1 atom stereocenters. The fourth-order valence-electron chi connectivity index (χ4n) is 2.55. The third-order valence-electron chi connectivity index (χ3n) is 3.74. The van der Waals surface area contributed by atoms with Crippen LogP contribution in [-0.4, -0.2) is 47.1 Å². The van der Waals surface area contributed by atoms with Crippen molar-refractivity contribution in [1.29, 1.82) is 5.41 Å². The molecule has 0 aromatic heterocycles. The molecule has 146 valence electrons. The van der Waals surface area contributed by atoms with Crippen molar-refractivity contribution in [2.45, 2.75) is 46.1 Å². The number of rotatable bonds is 8. The van der Waals surface area contributed by atoms with E-state index in [0.29, 0.717) is 27.9 Å². The maximum Gasteiger partial charge on any atom is 0.410 e. The van der Waals surface area contributed by atoms with Gasteiger partial charge in [-0.25, -0.2) is 4.79 Å². The fourth-order valence-corrected chi connectivity index (χ4v) is 2.84. The summed E-state index contributed by atoms with van der Waals surface area (Å²) >= 11 is 12.0. The molecule has 0 aliphatic rings. The molecule has 1 rings (SSSR count). The summed E-state index contributed by atoms with van der Waals surface area (Å²) in [4.78, 5) is 13.9. The Labute approximate surface area is 165 Å². The highest BCUT2D eigenvalue weighted by molar-refractivity contribution is 6.42. The van der Waals surface area contributed by atoms with Gasteiger partial charge in [-0.3, -0.25) is 0 Å². The second kappa shape index (κ2) is 10.1. The predicted molar refractivity (Wildman–Crippen MR) is 107 cm³/mol. The summed E-state index contributed by atoms with van der Waals surface area (Å²) < 4.78 is 5.42. The quantitative estimate of drug-likeness (QED) is 0.600. The first-order valence-corrected chi connectivity index (χ1v) is 9.47. The van der Waals surface area contributed by atoms with E-state index >= 15 is 0 Å². The van der Waals surface area contributed by atoms with Gasteiger partial charge in [0.05, 0.1) is 16.7 Å². The largest absolute Gasteiger partial charge is 0.444 e. The number of aliphatic hydroxyl groups is 1. The molecular weight excluding hydrogens is 375 g/mol. The van der Waals surface area contributed by atoms with Crippen LogP contribution < -0.4 is 0 Å². The monoisotopic (exact) mass is 402 g/mol. The molecule has 0 heterocycles. The minimum absolute atomic E-state index is 0.157. The average Bonchev–Trinajstić information content (AvgIpc) is 2.54. The van der Waals surface area contributed by atoms with Crippen molar-refractivity contribution in [3.05, 3.63) is 33.8 Å². The van der Waals surface area contributed by atoms with E-state index in [-0.39, 0.29) is 19.1 Å². The Morgan fingerprint density at radius 2 is 1.96 bits per heavy atom. The van der Waals surface area contributed by atoms with Crippen LogP contribution in [-0.2, 0) is 4.74 Å². The van der Waals surface area contributed by atoms with Crippen LogP contribution >= 0.6 is 23.2 Å². The summed E-state index contributed by atoms with van der Waals surface area (Å²) in [5, 5.41) is 18.7. The Morgan fingerprint density at radius 1 is 1.31 bits per heavy atom. The van der Waals surface area contributed by atoms with E-state index in [0.717, 1.165) is 12.8 Å². The summed E-state index contributed by atoms with van der Waals surface area (Å²) in [6.45, 7) is 7.69. The molecule has 0 fully saturated rings. The number of benzene rings is 1. The summed E-state index contributed by atoms with van der Waals surface area (Å²) in [6, 6.07) is 5.08. The maximum absolute atomic E-state index is 12.4. The van der Waals surface area contributed by atoms with Crippen molar-refractivity contribution in [3.63, 3.8) is 0 Å². The lowest BCUT2D eigenvalue weighted by Gasteiger charge is -2.30. The molecule has 0 bridgehead atoms. The summed E-state index contributed by atoms with van der Waals surface area (Å²) in [5.74, 6) is -0.198. The highest BCUT2D eigenvalue weighted by Gasteiger charge is 2.26. The smallest absolute Gasteiger partial charge is 0.410 e. The second-order valence-corrected chi connectivity index (χ2v) is 7.99. The van der Waals surface area contributed by atoms with E-state index in [1.165, 1.54) is 4.90 Å². The third-order valence-corrected chi connectivity index (χ3v) is 4.48. The minimum atomic E-state index is -0.623. The van der Waals surface area contributed by atoms with Crippen LogP contribution in [0.15, 0.2) is 18.2 Å². The van der Waals surface area contributed by atoms with Gasteiger partial charge < -0.3 is 20.2 Å². The number of nitrogens with zero attached hydrogens (tertiary/aromatic N) is 1. The first kappa shape index (κ1) is 22.7. The summed E-state index contributed by atoms with van der Waals surface area (Å²) in [7, 11) is 0. The molecule has 26 heavy (non-hydrogen) atoms. The standard InChI is InChI=1S/C19H28Cl2N2O3/c1-5-6-14(17(22)13-7-8-15(20)16(21)11-13)12-23(9-10-24)18(25)26-19(2,3)4/h7-8,11,14,22,24H,5-6,9-10,12H2,1-4H3. The van der Waals surface area contributed by atoms with Crippen LogP contribution in [0.5, 0.6) is 0 Å². The number of aliphatic hydroxyl groups excluding tert-OH is 1. The lowest BCUT2D eigenvalue weighted by atomic mass is 9.92. The molecule has 5 nitrogen and oxygen atoms in total. The highest BCUT2D eigenvalue weighted by atomic mass is 35.5. The average molecular weight is 403 g/mol. The number of halogens is 2. The number of amides is 1. The molecule has 0 saturated carbocycles. The minimum Gasteiger partial charge on any atom is -0.444 e. The zero-order valence-corrected chi connectivity index (χ0v) is 17.3. The molecule has 0 aliphatic carbocycles. The number of nitrogens with one attached hydrogen (secondary N) is 1. The maximum atomic E-state index is 12.4. The Bertz CT molecular complexity index is 630. The lowest BCUT2D eigenvalue weighted by molar-refractivity contribution is 0.0202. The molecule has 2 N–H and O–H groups in total. The van der Waals surface area contributed by atoms with E-state index in [1.54, 1.807) is 39.0 Å². The van der Waals surface area contributed by atoms with Crippen molar-refractivity contribution in [2.24, 2.45) is 5.92 Å². The number of hydrogen-bond acceptors (Lipinski definition) is 4. The SMILES string of the molecule is CCCC(CN(CCO)C(=O)OC(C)(C)C)C(=N)c1ccc(Cl)c(Cl)c1. The molecule has 1 aromatic rings. The molecule has 0 radical (unpaired) electrons. The molecule has 0 aliphatic heterocycles. The molecule has 7 heteroatoms. The molecule has 1 unspecified atom stereocenters. The Kier molecular flexibility index (Phi) is 8.87. The van der Waals surface area contributed by atoms with Crippen molar-refractivity contribution >= 4 is 35.0 Å². The fraction of sp³-hybridized carbons (Fsp3) is 0.579. The normalized spacial score (nSPS) is 12.6. The Morgan fingerprint density at radius 3 is 2.46 bits per heavy atom. The summed E-state index contributed by atoms with van der Waals surface area (Å²) in [5.41, 5.74) is 0.435. The number of carbonyl (C=O) groups is 1. The summed E-state index contributed by atoms with van der Waals surface area (Å²) in [6.07, 6.45) is 1.09. The number of ether oxygens (including phenoxy) is 1. The highest BCUT2D eigenvalue weighted by Crippen LogP contribution is 2.25. The van der Waals surface area contributed by atoms with E-state index in [2.05, 4.69) is 0 Å². The lowest BCUT2D eigenvalue weighted by Crippen LogP contribution is -2.42. The van der Waals surface area contributed by atoms with Crippen LogP contribution in [0.25, 0.3) is 0 Å². The molecular formula is C19H28Cl2N2O3.